The molecule has 0 radical (unpaired) electrons. The van der Waals surface area contributed by atoms with Crippen molar-refractivity contribution in [2.24, 2.45) is 5.92 Å². The highest BCUT2D eigenvalue weighted by molar-refractivity contribution is 5.97. The van der Waals surface area contributed by atoms with Crippen molar-refractivity contribution in [3.63, 3.8) is 0 Å². The summed E-state index contributed by atoms with van der Waals surface area (Å²) < 4.78 is 0. The summed E-state index contributed by atoms with van der Waals surface area (Å²) in [6, 6.07) is 7.99. The van der Waals surface area contributed by atoms with Crippen LogP contribution in [0, 0.1) is 5.92 Å². The van der Waals surface area contributed by atoms with E-state index in [9.17, 15) is 9.59 Å². The minimum absolute atomic E-state index is 0.0154. The Morgan fingerprint density at radius 1 is 1.08 bits per heavy atom. The second kappa shape index (κ2) is 5.86. The Balaban J connectivity index is 1.69. The Labute approximate surface area is 153 Å². The minimum Gasteiger partial charge on any atom is -0.356 e. The highest BCUT2D eigenvalue weighted by Crippen LogP contribution is 2.46. The number of piperazine rings is 1. The Morgan fingerprint density at radius 3 is 2.65 bits per heavy atom. The number of aromatic nitrogens is 1. The number of rotatable bonds is 1. The Hall–Kier alpha value is -2.30. The normalized spacial score (nSPS) is 27.0. The largest absolute Gasteiger partial charge is 0.356 e. The monoisotopic (exact) mass is 351 g/mol. The molecule has 1 saturated heterocycles. The number of benzene rings is 1. The summed E-state index contributed by atoms with van der Waals surface area (Å²) >= 11 is 0. The molecule has 136 valence electrons. The second-order valence-electron chi connectivity index (χ2n) is 8.12. The SMILES string of the molecule is CN1CC(=O)N2[C@@H](C3CCCCC3)c3[nH]c4ccccc4c3C[C@H]2C1=O. The molecule has 1 aliphatic carbocycles. The molecule has 2 aliphatic heterocycles. The third-order valence-corrected chi connectivity index (χ3v) is 6.59. The average Bonchev–Trinajstić information content (AvgIpc) is 3.03. The van der Waals surface area contributed by atoms with Crippen molar-refractivity contribution in [2.45, 2.75) is 50.6 Å². The van der Waals surface area contributed by atoms with Crippen molar-refractivity contribution in [3.8, 4) is 0 Å². The number of aromatic amines is 1. The van der Waals surface area contributed by atoms with Crippen LogP contribution in [-0.2, 0) is 16.0 Å². The topological polar surface area (TPSA) is 56.4 Å². The van der Waals surface area contributed by atoms with Gasteiger partial charge in [-0.1, -0.05) is 37.5 Å². The lowest BCUT2D eigenvalue weighted by Gasteiger charge is -2.49. The number of carbonyl (C=O) groups excluding carboxylic acids is 2. The molecule has 3 heterocycles. The van der Waals surface area contributed by atoms with E-state index >= 15 is 0 Å². The number of nitrogens with zero attached hydrogens (tertiary/aromatic N) is 2. The van der Waals surface area contributed by atoms with Crippen LogP contribution >= 0.6 is 0 Å². The van der Waals surface area contributed by atoms with Gasteiger partial charge in [0.25, 0.3) is 0 Å². The predicted octanol–water partition coefficient (Wildman–Crippen LogP) is 3.01. The van der Waals surface area contributed by atoms with Gasteiger partial charge in [-0.3, -0.25) is 9.59 Å². The third-order valence-electron chi connectivity index (χ3n) is 6.59. The standard InChI is InChI=1S/C21H25N3O2/c1-23-12-18(25)24-17(21(23)26)11-15-14-9-5-6-10-16(14)22-19(15)20(24)13-7-3-2-4-8-13/h5-6,9-10,13,17,20,22H,2-4,7-8,11-12H2,1H3/t17-,20-/m0/s1. The van der Waals surface area contributed by atoms with Crippen molar-refractivity contribution in [3.05, 3.63) is 35.5 Å². The zero-order chi connectivity index (χ0) is 17.8. The van der Waals surface area contributed by atoms with Crippen molar-refractivity contribution >= 4 is 22.7 Å². The first kappa shape index (κ1) is 15.9. The van der Waals surface area contributed by atoms with Crippen molar-refractivity contribution < 1.29 is 9.59 Å². The van der Waals surface area contributed by atoms with Crippen LogP contribution < -0.4 is 0 Å². The van der Waals surface area contributed by atoms with Crippen LogP contribution in [0.4, 0.5) is 0 Å². The van der Waals surface area contributed by atoms with Gasteiger partial charge in [0.2, 0.25) is 11.8 Å². The average molecular weight is 351 g/mol. The molecule has 2 aromatic rings. The molecule has 5 nitrogen and oxygen atoms in total. The smallest absolute Gasteiger partial charge is 0.245 e. The van der Waals surface area contributed by atoms with Gasteiger partial charge < -0.3 is 14.8 Å². The van der Waals surface area contributed by atoms with E-state index in [1.807, 2.05) is 11.0 Å². The van der Waals surface area contributed by atoms with Gasteiger partial charge in [-0.2, -0.15) is 0 Å². The van der Waals surface area contributed by atoms with E-state index in [1.54, 1.807) is 11.9 Å². The predicted molar refractivity (Wildman–Crippen MR) is 99.6 cm³/mol. The van der Waals surface area contributed by atoms with Crippen LogP contribution in [0.25, 0.3) is 10.9 Å². The first-order valence-electron chi connectivity index (χ1n) is 9.81. The van der Waals surface area contributed by atoms with Crippen LogP contribution in [-0.4, -0.2) is 46.2 Å². The molecule has 1 aromatic heterocycles. The van der Waals surface area contributed by atoms with Gasteiger partial charge in [-0.25, -0.2) is 0 Å². The molecule has 26 heavy (non-hydrogen) atoms. The number of hydrogen-bond donors (Lipinski definition) is 1. The minimum atomic E-state index is -0.347. The molecule has 5 rings (SSSR count). The van der Waals surface area contributed by atoms with Gasteiger partial charge in [0.1, 0.15) is 6.04 Å². The lowest BCUT2D eigenvalue weighted by Crippen LogP contribution is -2.62. The van der Waals surface area contributed by atoms with Crippen LogP contribution in [0.3, 0.4) is 0 Å². The Morgan fingerprint density at radius 2 is 1.85 bits per heavy atom. The molecular weight excluding hydrogens is 326 g/mol. The van der Waals surface area contributed by atoms with Gasteiger partial charge in [-0.05, 0) is 30.4 Å². The molecule has 3 aliphatic rings. The van der Waals surface area contributed by atoms with Crippen LogP contribution in [0.1, 0.15) is 49.4 Å². The summed E-state index contributed by atoms with van der Waals surface area (Å²) in [5.74, 6) is 0.622. The van der Waals surface area contributed by atoms with E-state index in [0.717, 1.165) is 18.4 Å². The fraction of sp³-hybridized carbons (Fsp3) is 0.524. The van der Waals surface area contributed by atoms with Gasteiger partial charge in [0.05, 0.1) is 12.6 Å². The molecule has 0 bridgehead atoms. The van der Waals surface area contributed by atoms with Crippen molar-refractivity contribution in [1.29, 1.82) is 0 Å². The molecule has 5 heteroatoms. The van der Waals surface area contributed by atoms with Gasteiger partial charge >= 0.3 is 0 Å². The molecule has 2 atom stereocenters. The van der Waals surface area contributed by atoms with Crippen LogP contribution in [0.15, 0.2) is 24.3 Å². The van der Waals surface area contributed by atoms with Crippen LogP contribution in [0.2, 0.25) is 0 Å². The first-order valence-corrected chi connectivity index (χ1v) is 9.81. The van der Waals surface area contributed by atoms with E-state index in [4.69, 9.17) is 0 Å². The van der Waals surface area contributed by atoms with Gasteiger partial charge in [0, 0.05) is 30.1 Å². The van der Waals surface area contributed by atoms with E-state index in [-0.39, 0.29) is 30.4 Å². The summed E-state index contributed by atoms with van der Waals surface area (Å²) in [6.45, 7) is 0.202. The number of likely N-dealkylation sites (N-methyl/N-ethyl adjacent to an activating group) is 1. The molecule has 1 saturated carbocycles. The molecule has 1 aromatic carbocycles. The summed E-state index contributed by atoms with van der Waals surface area (Å²) in [6.07, 6.45) is 6.62. The summed E-state index contributed by atoms with van der Waals surface area (Å²) in [4.78, 5) is 33.1. The number of hydrogen-bond acceptors (Lipinski definition) is 2. The quantitative estimate of drug-likeness (QED) is 0.859. The Bertz CT molecular complexity index is 881. The highest BCUT2D eigenvalue weighted by Gasteiger charge is 2.49. The molecular formula is C21H25N3O2. The zero-order valence-electron chi connectivity index (χ0n) is 15.2. The molecule has 2 amide bonds. The number of nitrogens with one attached hydrogen (secondary N) is 1. The molecule has 2 fully saturated rings. The lowest BCUT2D eigenvalue weighted by atomic mass is 9.77. The highest BCUT2D eigenvalue weighted by atomic mass is 16.2. The van der Waals surface area contributed by atoms with Gasteiger partial charge in [0.15, 0.2) is 0 Å². The van der Waals surface area contributed by atoms with E-state index in [2.05, 4.69) is 23.2 Å². The summed E-state index contributed by atoms with van der Waals surface area (Å²) in [5.41, 5.74) is 3.54. The maximum absolute atomic E-state index is 13.0. The third kappa shape index (κ3) is 2.22. The number of fused-ring (bicyclic) bond motifs is 4. The molecule has 0 spiro atoms. The van der Waals surface area contributed by atoms with Crippen molar-refractivity contribution in [1.82, 2.24) is 14.8 Å². The lowest BCUT2D eigenvalue weighted by molar-refractivity contribution is -0.160. The summed E-state index contributed by atoms with van der Waals surface area (Å²) in [7, 11) is 1.75. The second-order valence-corrected chi connectivity index (χ2v) is 8.12. The fourth-order valence-electron chi connectivity index (χ4n) is 5.38. The van der Waals surface area contributed by atoms with Gasteiger partial charge in [-0.15, -0.1) is 0 Å². The molecule has 0 unspecified atom stereocenters. The number of H-pyrrole nitrogens is 1. The number of amides is 2. The Kier molecular flexibility index (Phi) is 3.59. The number of carbonyl (C=O) groups is 2. The maximum Gasteiger partial charge on any atom is 0.245 e. The van der Waals surface area contributed by atoms with Crippen molar-refractivity contribution in [2.75, 3.05) is 13.6 Å². The first-order chi connectivity index (χ1) is 12.6. The van der Waals surface area contributed by atoms with E-state index in [1.165, 1.54) is 35.9 Å². The molecule has 1 N–H and O–H groups in total. The number of para-hydroxylation sites is 1. The maximum atomic E-state index is 13.0. The van der Waals surface area contributed by atoms with Crippen LogP contribution in [0.5, 0.6) is 0 Å². The zero-order valence-corrected chi connectivity index (χ0v) is 15.2. The fourth-order valence-corrected chi connectivity index (χ4v) is 5.38. The van der Waals surface area contributed by atoms with E-state index in [0.29, 0.717) is 12.3 Å². The van der Waals surface area contributed by atoms with E-state index < -0.39 is 0 Å². The summed E-state index contributed by atoms with van der Waals surface area (Å²) in [5, 5.41) is 1.21.